The molecule has 1 aliphatic rings. The number of nitrogens with zero attached hydrogens (tertiary/aromatic N) is 2. The molecule has 0 bridgehead atoms. The Morgan fingerprint density at radius 3 is 2.76 bits per heavy atom. The summed E-state index contributed by atoms with van der Waals surface area (Å²) < 4.78 is 33.7. The van der Waals surface area contributed by atoms with Crippen molar-refractivity contribution in [1.82, 2.24) is 15.3 Å². The van der Waals surface area contributed by atoms with E-state index in [1.807, 2.05) is 26.0 Å². The van der Waals surface area contributed by atoms with Gasteiger partial charge in [0, 0.05) is 35.2 Å². The molecule has 1 aliphatic heterocycles. The van der Waals surface area contributed by atoms with Crippen LogP contribution in [0.15, 0.2) is 42.5 Å². The smallest absolute Gasteiger partial charge is 0.295 e. The van der Waals surface area contributed by atoms with Gasteiger partial charge in [0.05, 0.1) is 12.6 Å². The van der Waals surface area contributed by atoms with E-state index in [-0.39, 0.29) is 11.6 Å². The second-order valence-corrected chi connectivity index (χ2v) is 8.23. The number of ether oxygens (including phenoxy) is 1. The fourth-order valence-electron chi connectivity index (χ4n) is 4.08. The number of aliphatic hydroxyl groups is 1. The van der Waals surface area contributed by atoms with Crippen LogP contribution in [0.1, 0.15) is 41.9 Å². The Morgan fingerprint density at radius 1 is 1.24 bits per heavy atom. The zero-order chi connectivity index (χ0) is 23.6. The molecule has 0 unspecified atom stereocenters. The molecular formula is C25H28F2N4O2. The number of fused-ring (bicyclic) bond motifs is 1. The van der Waals surface area contributed by atoms with Gasteiger partial charge in [-0.25, -0.2) is 9.97 Å². The number of aryl methyl sites for hydroxylation is 1. The van der Waals surface area contributed by atoms with Crippen LogP contribution in [-0.4, -0.2) is 41.9 Å². The van der Waals surface area contributed by atoms with E-state index in [1.54, 1.807) is 19.2 Å². The Hall–Kier alpha value is -3.10. The molecule has 0 saturated carbocycles. The van der Waals surface area contributed by atoms with Crippen LogP contribution in [0.25, 0.3) is 16.5 Å². The molecule has 0 fully saturated rings. The minimum Gasteiger partial charge on any atom is -0.496 e. The molecule has 2 heterocycles. The Morgan fingerprint density at radius 2 is 2.06 bits per heavy atom. The maximum atomic E-state index is 14.0. The Bertz CT molecular complexity index is 1200. The molecule has 0 amide bonds. The number of aliphatic hydroxyl groups excluding tert-OH is 1. The predicted molar refractivity (Wildman–Crippen MR) is 126 cm³/mol. The van der Waals surface area contributed by atoms with Gasteiger partial charge in [-0.3, -0.25) is 0 Å². The van der Waals surface area contributed by atoms with Crippen molar-refractivity contribution < 1.29 is 18.6 Å². The number of hydrogen-bond donors (Lipinski definition) is 3. The average molecular weight is 455 g/mol. The van der Waals surface area contributed by atoms with Crippen LogP contribution in [0.4, 0.5) is 14.6 Å². The average Bonchev–Trinajstić information content (AvgIpc) is 2.83. The van der Waals surface area contributed by atoms with Crippen molar-refractivity contribution in [2.75, 3.05) is 32.1 Å². The molecule has 0 spiro atoms. The number of rotatable bonds is 7. The van der Waals surface area contributed by atoms with Crippen molar-refractivity contribution in [2.45, 2.75) is 32.2 Å². The maximum absolute atomic E-state index is 14.0. The third-order valence-electron chi connectivity index (χ3n) is 5.90. The first kappa shape index (κ1) is 23.1. The molecule has 3 N–H and O–H groups in total. The largest absolute Gasteiger partial charge is 0.496 e. The first-order valence-electron chi connectivity index (χ1n) is 10.9. The predicted octanol–water partition coefficient (Wildman–Crippen LogP) is 4.58. The van der Waals surface area contributed by atoms with Crippen LogP contribution in [0, 0.1) is 6.92 Å². The molecular weight excluding hydrogens is 426 g/mol. The number of aromatic nitrogens is 2. The highest BCUT2D eigenvalue weighted by Gasteiger charge is 2.30. The summed E-state index contributed by atoms with van der Waals surface area (Å²) in [6.45, 7) is 4.17. The van der Waals surface area contributed by atoms with E-state index in [0.717, 1.165) is 41.7 Å². The summed E-state index contributed by atoms with van der Waals surface area (Å²) in [7, 11) is 1.65. The number of alkyl halides is 2. The highest BCUT2D eigenvalue weighted by atomic mass is 19.3. The normalized spacial score (nSPS) is 15.3. The molecule has 0 saturated heterocycles. The van der Waals surface area contributed by atoms with Gasteiger partial charge in [-0.05, 0) is 50.1 Å². The van der Waals surface area contributed by atoms with Crippen molar-refractivity contribution in [1.29, 1.82) is 0 Å². The molecule has 33 heavy (non-hydrogen) atoms. The SMILES string of the molecule is COc1cc2nc(C)nc(N[C@H](C)c3cccc(C(F)(F)CO)c3)c2cc1C1=CCNCC1. The monoisotopic (exact) mass is 454 g/mol. The van der Waals surface area contributed by atoms with Crippen LogP contribution >= 0.6 is 0 Å². The number of hydrogen-bond acceptors (Lipinski definition) is 6. The number of nitrogens with one attached hydrogen (secondary N) is 2. The van der Waals surface area contributed by atoms with Crippen molar-refractivity contribution >= 4 is 22.3 Å². The summed E-state index contributed by atoms with van der Waals surface area (Å²) in [4.78, 5) is 9.19. The van der Waals surface area contributed by atoms with Gasteiger partial charge in [-0.2, -0.15) is 8.78 Å². The van der Waals surface area contributed by atoms with Crippen molar-refractivity contribution in [2.24, 2.45) is 0 Å². The lowest BCUT2D eigenvalue weighted by Gasteiger charge is -2.21. The molecule has 3 aromatic rings. The molecule has 2 aromatic carbocycles. The van der Waals surface area contributed by atoms with Crippen molar-refractivity contribution in [3.05, 3.63) is 65.0 Å². The van der Waals surface area contributed by atoms with Crippen LogP contribution < -0.4 is 15.4 Å². The van der Waals surface area contributed by atoms with E-state index >= 15 is 0 Å². The quantitative estimate of drug-likeness (QED) is 0.485. The number of methoxy groups -OCH3 is 1. The molecule has 0 aliphatic carbocycles. The second-order valence-electron chi connectivity index (χ2n) is 8.23. The molecule has 174 valence electrons. The van der Waals surface area contributed by atoms with E-state index < -0.39 is 12.5 Å². The topological polar surface area (TPSA) is 79.3 Å². The molecule has 1 aromatic heterocycles. The number of benzene rings is 2. The maximum Gasteiger partial charge on any atom is 0.295 e. The van der Waals surface area contributed by atoms with Gasteiger partial charge < -0.3 is 20.5 Å². The molecule has 4 rings (SSSR count). The Balaban J connectivity index is 1.74. The second kappa shape index (κ2) is 9.41. The zero-order valence-electron chi connectivity index (χ0n) is 19.0. The van der Waals surface area contributed by atoms with E-state index in [9.17, 15) is 8.78 Å². The molecule has 6 nitrogen and oxygen atoms in total. The fraction of sp³-hybridized carbons (Fsp3) is 0.360. The summed E-state index contributed by atoms with van der Waals surface area (Å²) in [5.74, 6) is -1.31. The van der Waals surface area contributed by atoms with Crippen LogP contribution in [0.3, 0.4) is 0 Å². The van der Waals surface area contributed by atoms with Gasteiger partial charge >= 0.3 is 0 Å². The van der Waals surface area contributed by atoms with E-state index in [4.69, 9.17) is 9.84 Å². The molecule has 0 radical (unpaired) electrons. The lowest BCUT2D eigenvalue weighted by molar-refractivity contribution is -0.0556. The number of halogens is 2. The van der Waals surface area contributed by atoms with Crippen molar-refractivity contribution in [3.63, 3.8) is 0 Å². The highest BCUT2D eigenvalue weighted by molar-refractivity contribution is 5.94. The van der Waals surface area contributed by atoms with Crippen LogP contribution in [0.2, 0.25) is 0 Å². The summed E-state index contributed by atoms with van der Waals surface area (Å²) in [6, 6.07) is 9.74. The minimum atomic E-state index is -3.29. The van der Waals surface area contributed by atoms with Gasteiger partial charge in [0.25, 0.3) is 5.92 Å². The Labute approximate surface area is 191 Å². The molecule has 1 atom stereocenters. The van der Waals surface area contributed by atoms with Gasteiger partial charge in [0.2, 0.25) is 0 Å². The van der Waals surface area contributed by atoms with Crippen LogP contribution in [0.5, 0.6) is 5.75 Å². The summed E-state index contributed by atoms with van der Waals surface area (Å²) in [6.07, 6.45) is 3.05. The van der Waals surface area contributed by atoms with E-state index in [1.165, 1.54) is 17.7 Å². The standard InChI is InChI=1S/C25H28F2N4O2/c1-15(18-5-4-6-19(11-18)25(26,27)14-32)29-24-21-12-20(17-7-9-28-10-8-17)23(33-3)13-22(21)30-16(2)31-24/h4-7,11-13,15,28,32H,8-10,14H2,1-3H3,(H,29,30,31)/t15-/m1/s1. The lowest BCUT2D eigenvalue weighted by atomic mass is 9.97. The van der Waals surface area contributed by atoms with Gasteiger partial charge in [-0.15, -0.1) is 0 Å². The highest BCUT2D eigenvalue weighted by Crippen LogP contribution is 2.36. The summed E-state index contributed by atoms with van der Waals surface area (Å²) in [5.41, 5.74) is 3.39. The van der Waals surface area contributed by atoms with Gasteiger partial charge in [-0.1, -0.05) is 24.3 Å². The van der Waals surface area contributed by atoms with Gasteiger partial charge in [0.15, 0.2) is 0 Å². The van der Waals surface area contributed by atoms with E-state index in [2.05, 4.69) is 26.7 Å². The lowest BCUT2D eigenvalue weighted by Crippen LogP contribution is -2.20. The molecule has 8 heteroatoms. The third-order valence-corrected chi connectivity index (χ3v) is 5.90. The van der Waals surface area contributed by atoms with Crippen molar-refractivity contribution in [3.8, 4) is 5.75 Å². The first-order valence-corrected chi connectivity index (χ1v) is 10.9. The minimum absolute atomic E-state index is 0.218. The first-order chi connectivity index (χ1) is 15.8. The third kappa shape index (κ3) is 4.82. The zero-order valence-corrected chi connectivity index (χ0v) is 19.0. The number of anilines is 1. The summed E-state index contributed by atoms with van der Waals surface area (Å²) >= 11 is 0. The summed E-state index contributed by atoms with van der Waals surface area (Å²) in [5, 5.41) is 16.6. The fourth-order valence-corrected chi connectivity index (χ4v) is 4.08. The van der Waals surface area contributed by atoms with Crippen LogP contribution in [-0.2, 0) is 5.92 Å². The Kier molecular flexibility index (Phi) is 6.58. The van der Waals surface area contributed by atoms with E-state index in [0.29, 0.717) is 17.2 Å². The van der Waals surface area contributed by atoms with Gasteiger partial charge in [0.1, 0.15) is 24.0 Å².